The van der Waals surface area contributed by atoms with Gasteiger partial charge in [-0.3, -0.25) is 14.7 Å². The van der Waals surface area contributed by atoms with Gasteiger partial charge in [0.05, 0.1) is 5.69 Å². The molecule has 1 aliphatic heterocycles. The number of esters is 1. The standard InChI is InChI=1S/C25H26N2O2/c28-25(24(20-9-3-1-4-10-20)21-11-5-2-6-12-21)29-23-14-17-27(18-15-23)19-22-13-7-8-16-26-22/h1-13,16,23-24H,14-15,17-19H2. The maximum atomic E-state index is 13.1. The van der Waals surface area contributed by atoms with E-state index in [1.807, 2.05) is 79.0 Å². The predicted molar refractivity (Wildman–Crippen MR) is 113 cm³/mol. The summed E-state index contributed by atoms with van der Waals surface area (Å²) in [4.78, 5) is 19.9. The minimum Gasteiger partial charge on any atom is -0.462 e. The summed E-state index contributed by atoms with van der Waals surface area (Å²) in [6.45, 7) is 2.67. The first kappa shape index (κ1) is 19.3. The fraction of sp³-hybridized carbons (Fsp3) is 0.280. The number of rotatable bonds is 6. The molecule has 0 saturated carbocycles. The van der Waals surface area contributed by atoms with Gasteiger partial charge in [-0.1, -0.05) is 66.7 Å². The fourth-order valence-electron chi connectivity index (χ4n) is 3.89. The van der Waals surface area contributed by atoms with E-state index >= 15 is 0 Å². The monoisotopic (exact) mass is 386 g/mol. The SMILES string of the molecule is O=C(OC1CCN(Cc2ccccn2)CC1)C(c1ccccc1)c1ccccc1. The Balaban J connectivity index is 1.39. The van der Waals surface area contributed by atoms with Gasteiger partial charge in [-0.25, -0.2) is 0 Å². The van der Waals surface area contributed by atoms with Crippen molar-refractivity contribution in [2.45, 2.75) is 31.4 Å². The van der Waals surface area contributed by atoms with Crippen LogP contribution in [0.4, 0.5) is 0 Å². The van der Waals surface area contributed by atoms with Crippen molar-refractivity contribution in [3.05, 3.63) is 102 Å². The zero-order chi connectivity index (χ0) is 19.9. The highest BCUT2D eigenvalue weighted by Gasteiger charge is 2.28. The first-order valence-corrected chi connectivity index (χ1v) is 10.2. The van der Waals surface area contributed by atoms with Crippen molar-refractivity contribution in [2.24, 2.45) is 0 Å². The molecule has 0 bridgehead atoms. The van der Waals surface area contributed by atoms with Gasteiger partial charge in [0.2, 0.25) is 0 Å². The Bertz CT molecular complexity index is 852. The average Bonchev–Trinajstić information content (AvgIpc) is 2.78. The molecule has 3 aromatic rings. The molecule has 4 nitrogen and oxygen atoms in total. The third-order valence-corrected chi connectivity index (χ3v) is 5.43. The number of nitrogens with zero attached hydrogens (tertiary/aromatic N) is 2. The van der Waals surface area contributed by atoms with E-state index in [9.17, 15) is 4.79 Å². The Morgan fingerprint density at radius 2 is 1.48 bits per heavy atom. The lowest BCUT2D eigenvalue weighted by molar-refractivity contribution is -0.152. The van der Waals surface area contributed by atoms with Crippen LogP contribution >= 0.6 is 0 Å². The number of carbonyl (C=O) groups is 1. The lowest BCUT2D eigenvalue weighted by atomic mass is 9.91. The summed E-state index contributed by atoms with van der Waals surface area (Å²) < 4.78 is 5.98. The Labute approximate surface area is 172 Å². The van der Waals surface area contributed by atoms with Crippen LogP contribution < -0.4 is 0 Å². The molecule has 1 aliphatic rings. The van der Waals surface area contributed by atoms with E-state index in [1.54, 1.807) is 0 Å². The molecule has 0 spiro atoms. The van der Waals surface area contributed by atoms with Crippen molar-refractivity contribution in [3.8, 4) is 0 Å². The van der Waals surface area contributed by atoms with Crippen LogP contribution in [-0.4, -0.2) is 35.0 Å². The second kappa shape index (κ2) is 9.48. The van der Waals surface area contributed by atoms with Crippen LogP contribution in [-0.2, 0) is 16.1 Å². The predicted octanol–water partition coefficient (Wildman–Crippen LogP) is 4.42. The summed E-state index contributed by atoms with van der Waals surface area (Å²) in [5.74, 6) is -0.547. The molecule has 0 atom stereocenters. The highest BCUT2D eigenvalue weighted by atomic mass is 16.5. The second-order valence-electron chi connectivity index (χ2n) is 7.49. The molecule has 0 N–H and O–H groups in total. The molecule has 4 heteroatoms. The number of likely N-dealkylation sites (tertiary alicyclic amines) is 1. The van der Waals surface area contributed by atoms with Gasteiger partial charge in [-0.05, 0) is 36.1 Å². The maximum absolute atomic E-state index is 13.1. The molecule has 1 aromatic heterocycles. The van der Waals surface area contributed by atoms with Crippen molar-refractivity contribution in [1.29, 1.82) is 0 Å². The molecule has 2 heterocycles. The molecule has 1 saturated heterocycles. The Morgan fingerprint density at radius 1 is 0.897 bits per heavy atom. The molecule has 0 radical (unpaired) electrons. The summed E-state index contributed by atoms with van der Waals surface area (Å²) >= 11 is 0. The summed E-state index contributed by atoms with van der Waals surface area (Å²) in [7, 11) is 0. The highest BCUT2D eigenvalue weighted by molar-refractivity contribution is 5.82. The quantitative estimate of drug-likeness (QED) is 0.588. The van der Waals surface area contributed by atoms with Gasteiger partial charge in [0, 0.05) is 25.8 Å². The van der Waals surface area contributed by atoms with Crippen molar-refractivity contribution in [1.82, 2.24) is 9.88 Å². The third kappa shape index (κ3) is 5.09. The average molecular weight is 386 g/mol. The maximum Gasteiger partial charge on any atom is 0.318 e. The molecular weight excluding hydrogens is 360 g/mol. The van der Waals surface area contributed by atoms with Gasteiger partial charge in [-0.15, -0.1) is 0 Å². The van der Waals surface area contributed by atoms with E-state index in [-0.39, 0.29) is 18.0 Å². The topological polar surface area (TPSA) is 42.4 Å². The van der Waals surface area contributed by atoms with E-state index in [2.05, 4.69) is 16.0 Å². The van der Waals surface area contributed by atoms with Crippen molar-refractivity contribution in [3.63, 3.8) is 0 Å². The molecule has 4 rings (SSSR count). The molecule has 0 unspecified atom stereocenters. The lowest BCUT2D eigenvalue weighted by Gasteiger charge is -2.32. The summed E-state index contributed by atoms with van der Waals surface area (Å²) in [6.07, 6.45) is 3.51. The van der Waals surface area contributed by atoms with Crippen LogP contribution in [0.2, 0.25) is 0 Å². The minimum absolute atomic E-state index is 0.0302. The number of pyridine rings is 1. The Morgan fingerprint density at radius 3 is 2.03 bits per heavy atom. The van der Waals surface area contributed by atoms with Crippen LogP contribution in [0, 0.1) is 0 Å². The molecule has 0 aliphatic carbocycles. The Hall–Kier alpha value is -2.98. The first-order valence-electron chi connectivity index (χ1n) is 10.2. The van der Waals surface area contributed by atoms with Gasteiger partial charge in [0.15, 0.2) is 0 Å². The van der Waals surface area contributed by atoms with E-state index in [0.29, 0.717) is 0 Å². The van der Waals surface area contributed by atoms with Crippen LogP contribution in [0.25, 0.3) is 0 Å². The van der Waals surface area contributed by atoms with Gasteiger partial charge in [-0.2, -0.15) is 0 Å². The molecule has 1 fully saturated rings. The number of aromatic nitrogens is 1. The molecule has 148 valence electrons. The fourth-order valence-corrected chi connectivity index (χ4v) is 3.89. The van der Waals surface area contributed by atoms with Crippen LogP contribution in [0.15, 0.2) is 85.1 Å². The first-order chi connectivity index (χ1) is 14.3. The van der Waals surface area contributed by atoms with Crippen LogP contribution in [0.1, 0.15) is 35.6 Å². The smallest absolute Gasteiger partial charge is 0.318 e. The van der Waals surface area contributed by atoms with Crippen molar-refractivity contribution >= 4 is 5.97 Å². The van der Waals surface area contributed by atoms with E-state index in [4.69, 9.17) is 4.74 Å². The van der Waals surface area contributed by atoms with E-state index in [0.717, 1.165) is 49.3 Å². The number of benzene rings is 2. The second-order valence-corrected chi connectivity index (χ2v) is 7.49. The van der Waals surface area contributed by atoms with Gasteiger partial charge in [0.25, 0.3) is 0 Å². The Kier molecular flexibility index (Phi) is 6.32. The van der Waals surface area contributed by atoms with Crippen molar-refractivity contribution in [2.75, 3.05) is 13.1 Å². The highest BCUT2D eigenvalue weighted by Crippen LogP contribution is 2.28. The molecule has 0 amide bonds. The van der Waals surface area contributed by atoms with Gasteiger partial charge >= 0.3 is 5.97 Å². The molecule has 2 aromatic carbocycles. The summed E-state index contributed by atoms with van der Waals surface area (Å²) in [6, 6.07) is 25.8. The van der Waals surface area contributed by atoms with Gasteiger partial charge < -0.3 is 4.74 Å². The van der Waals surface area contributed by atoms with E-state index in [1.165, 1.54) is 0 Å². The summed E-state index contributed by atoms with van der Waals surface area (Å²) in [5.41, 5.74) is 3.02. The zero-order valence-electron chi connectivity index (χ0n) is 16.5. The van der Waals surface area contributed by atoms with Gasteiger partial charge in [0.1, 0.15) is 12.0 Å². The molecular formula is C25H26N2O2. The summed E-state index contributed by atoms with van der Waals surface area (Å²) in [5, 5.41) is 0. The van der Waals surface area contributed by atoms with E-state index < -0.39 is 0 Å². The molecule has 29 heavy (non-hydrogen) atoms. The number of carbonyl (C=O) groups excluding carboxylic acids is 1. The normalized spacial score (nSPS) is 15.3. The minimum atomic E-state index is -0.385. The van der Waals surface area contributed by atoms with Crippen molar-refractivity contribution < 1.29 is 9.53 Å². The number of hydrogen-bond donors (Lipinski definition) is 0. The third-order valence-electron chi connectivity index (χ3n) is 5.43. The largest absolute Gasteiger partial charge is 0.462 e. The number of ether oxygens (including phenoxy) is 1. The number of piperidine rings is 1. The zero-order valence-corrected chi connectivity index (χ0v) is 16.5. The van der Waals surface area contributed by atoms with Crippen LogP contribution in [0.5, 0.6) is 0 Å². The lowest BCUT2D eigenvalue weighted by Crippen LogP contribution is -2.38. The number of hydrogen-bond acceptors (Lipinski definition) is 4. The van der Waals surface area contributed by atoms with Crippen LogP contribution in [0.3, 0.4) is 0 Å².